The SMILES string of the molecule is C[B]C.c1ccccc1. The van der Waals surface area contributed by atoms with E-state index in [9.17, 15) is 0 Å². The van der Waals surface area contributed by atoms with Gasteiger partial charge in [-0.05, 0) is 0 Å². The summed E-state index contributed by atoms with van der Waals surface area (Å²) in [5.74, 6) is 0. The molecule has 0 N–H and O–H groups in total. The summed E-state index contributed by atoms with van der Waals surface area (Å²) in [6, 6.07) is 12.0. The average Bonchev–Trinajstić information content (AvgIpc) is 1.93. The molecule has 0 fully saturated rings. The highest BCUT2D eigenvalue weighted by Crippen LogP contribution is 1.79. The normalized spacial score (nSPS) is 6.89. The van der Waals surface area contributed by atoms with Crippen molar-refractivity contribution in [2.45, 2.75) is 13.6 Å². The van der Waals surface area contributed by atoms with Crippen LogP contribution in [0.2, 0.25) is 13.6 Å². The molecule has 1 rings (SSSR count). The van der Waals surface area contributed by atoms with E-state index in [-0.39, 0.29) is 0 Å². The Kier molecular flexibility index (Phi) is 6.71. The van der Waals surface area contributed by atoms with E-state index in [4.69, 9.17) is 0 Å². The number of hydrogen-bond donors (Lipinski definition) is 0. The van der Waals surface area contributed by atoms with Gasteiger partial charge in [0, 0.05) is 0 Å². The zero-order valence-corrected chi connectivity index (χ0v) is 6.04. The van der Waals surface area contributed by atoms with Gasteiger partial charge in [-0.2, -0.15) is 0 Å². The van der Waals surface area contributed by atoms with Gasteiger partial charge in [-0.15, -0.1) is 0 Å². The molecule has 0 spiro atoms. The molecule has 9 heavy (non-hydrogen) atoms. The Balaban J connectivity index is 0.000000187. The standard InChI is InChI=1S/C6H6.C2H6B/c1-2-4-6-5-3-1;1-3-2/h1-6H;1-2H3. The smallest absolute Gasteiger partial charge is 0.0922 e. The second-order valence-corrected chi connectivity index (χ2v) is 1.73. The molecule has 0 saturated carbocycles. The topological polar surface area (TPSA) is 0 Å². The van der Waals surface area contributed by atoms with E-state index < -0.39 is 0 Å². The highest BCUT2D eigenvalue weighted by Gasteiger charge is 1.57. The van der Waals surface area contributed by atoms with Crippen LogP contribution in [-0.4, -0.2) is 7.28 Å². The third-order valence-electron chi connectivity index (χ3n) is 0.667. The summed E-state index contributed by atoms with van der Waals surface area (Å²) >= 11 is 0. The van der Waals surface area contributed by atoms with Crippen LogP contribution in [-0.2, 0) is 0 Å². The molecule has 0 unspecified atom stereocenters. The molecule has 0 heterocycles. The fourth-order valence-electron chi connectivity index (χ4n) is 0.385. The van der Waals surface area contributed by atoms with Crippen LogP contribution in [0.15, 0.2) is 36.4 Å². The first-order valence-corrected chi connectivity index (χ1v) is 3.15. The Hall–Kier alpha value is -0.715. The lowest BCUT2D eigenvalue weighted by Gasteiger charge is -1.69. The molecule has 1 aromatic rings. The molecule has 0 amide bonds. The molecular weight excluding hydrogens is 107 g/mol. The second kappa shape index (κ2) is 7.28. The van der Waals surface area contributed by atoms with Gasteiger partial charge in [0.25, 0.3) is 0 Å². The maximum atomic E-state index is 2.00. The first-order valence-electron chi connectivity index (χ1n) is 3.15. The Bertz CT molecular complexity index is 87.4. The van der Waals surface area contributed by atoms with Crippen LogP contribution in [0, 0.1) is 0 Å². The molecule has 0 nitrogen and oxygen atoms in total. The lowest BCUT2D eigenvalue weighted by Crippen LogP contribution is -1.53. The lowest BCUT2D eigenvalue weighted by atomic mass is 9.88. The molecule has 1 radical (unpaired) electrons. The molecule has 0 atom stereocenters. The van der Waals surface area contributed by atoms with E-state index in [2.05, 4.69) is 0 Å². The maximum absolute atomic E-state index is 2.00. The van der Waals surface area contributed by atoms with Crippen LogP contribution in [0.5, 0.6) is 0 Å². The van der Waals surface area contributed by atoms with Crippen molar-refractivity contribution in [3.05, 3.63) is 36.4 Å². The van der Waals surface area contributed by atoms with Gasteiger partial charge < -0.3 is 0 Å². The van der Waals surface area contributed by atoms with Gasteiger partial charge in [-0.3, -0.25) is 0 Å². The summed E-state index contributed by atoms with van der Waals surface area (Å²) in [5, 5.41) is 0. The van der Waals surface area contributed by atoms with Crippen LogP contribution in [0.1, 0.15) is 0 Å². The molecule has 1 heteroatoms. The molecule has 0 aromatic heterocycles. The minimum Gasteiger partial charge on any atom is -0.0922 e. The highest BCUT2D eigenvalue weighted by molar-refractivity contribution is 6.31. The Morgan fingerprint density at radius 2 is 0.778 bits per heavy atom. The van der Waals surface area contributed by atoms with Crippen LogP contribution in [0.4, 0.5) is 0 Å². The molecule has 0 aliphatic carbocycles. The summed E-state index contributed by atoms with van der Waals surface area (Å²) in [6.45, 7) is 4.00. The van der Waals surface area contributed by atoms with Crippen LogP contribution in [0.25, 0.3) is 0 Å². The highest BCUT2D eigenvalue weighted by atomic mass is 13.6. The first kappa shape index (κ1) is 8.28. The lowest BCUT2D eigenvalue weighted by molar-refractivity contribution is 1.72. The summed E-state index contributed by atoms with van der Waals surface area (Å²) in [4.78, 5) is 0. The van der Waals surface area contributed by atoms with E-state index in [1.54, 1.807) is 0 Å². The molecular formula is C8H12B. The van der Waals surface area contributed by atoms with Crippen molar-refractivity contribution in [1.82, 2.24) is 0 Å². The fourth-order valence-corrected chi connectivity index (χ4v) is 0.385. The van der Waals surface area contributed by atoms with Crippen molar-refractivity contribution < 1.29 is 0 Å². The summed E-state index contributed by atoms with van der Waals surface area (Å²) in [6.07, 6.45) is 0. The zero-order chi connectivity index (χ0) is 6.95. The minimum absolute atomic E-state index is 2.00. The van der Waals surface area contributed by atoms with Crippen molar-refractivity contribution in [2.75, 3.05) is 0 Å². The van der Waals surface area contributed by atoms with E-state index in [0.29, 0.717) is 0 Å². The van der Waals surface area contributed by atoms with Crippen LogP contribution >= 0.6 is 0 Å². The van der Waals surface area contributed by atoms with Gasteiger partial charge in [-0.1, -0.05) is 50.0 Å². The molecule has 0 aliphatic rings. The van der Waals surface area contributed by atoms with E-state index in [0.717, 1.165) is 0 Å². The van der Waals surface area contributed by atoms with Gasteiger partial charge in [0.15, 0.2) is 0 Å². The van der Waals surface area contributed by atoms with Crippen molar-refractivity contribution in [3.63, 3.8) is 0 Å². The summed E-state index contributed by atoms with van der Waals surface area (Å²) < 4.78 is 0. The average molecular weight is 119 g/mol. The van der Waals surface area contributed by atoms with Crippen LogP contribution in [0.3, 0.4) is 0 Å². The van der Waals surface area contributed by atoms with Crippen molar-refractivity contribution in [3.8, 4) is 0 Å². The van der Waals surface area contributed by atoms with E-state index in [1.165, 1.54) is 0 Å². The van der Waals surface area contributed by atoms with Gasteiger partial charge >= 0.3 is 0 Å². The molecule has 0 aliphatic heterocycles. The van der Waals surface area contributed by atoms with Crippen molar-refractivity contribution in [1.29, 1.82) is 0 Å². The predicted molar refractivity (Wildman–Crippen MR) is 43.9 cm³/mol. The van der Waals surface area contributed by atoms with Gasteiger partial charge in [-0.25, -0.2) is 0 Å². The number of benzene rings is 1. The van der Waals surface area contributed by atoms with E-state index in [1.807, 2.05) is 57.3 Å². The Morgan fingerprint density at radius 1 is 0.667 bits per heavy atom. The van der Waals surface area contributed by atoms with Crippen LogP contribution < -0.4 is 0 Å². The van der Waals surface area contributed by atoms with Gasteiger partial charge in [0.2, 0.25) is 0 Å². The minimum atomic E-state index is 2.00. The largest absolute Gasteiger partial charge is 0.102 e. The van der Waals surface area contributed by atoms with Crippen molar-refractivity contribution >= 4 is 7.28 Å². The second-order valence-electron chi connectivity index (χ2n) is 1.73. The summed E-state index contributed by atoms with van der Waals surface area (Å²) in [7, 11) is 2.00. The van der Waals surface area contributed by atoms with E-state index >= 15 is 0 Å². The third-order valence-corrected chi connectivity index (χ3v) is 0.667. The van der Waals surface area contributed by atoms with Gasteiger partial charge in [0.1, 0.15) is 7.28 Å². The number of hydrogen-bond acceptors (Lipinski definition) is 0. The van der Waals surface area contributed by atoms with Gasteiger partial charge in [0.05, 0.1) is 0 Å². The zero-order valence-electron chi connectivity index (χ0n) is 6.04. The quantitative estimate of drug-likeness (QED) is 0.460. The first-order chi connectivity index (χ1) is 4.41. The third kappa shape index (κ3) is 7.28. The molecule has 0 bridgehead atoms. The summed E-state index contributed by atoms with van der Waals surface area (Å²) in [5.41, 5.74) is 0. The van der Waals surface area contributed by atoms with Crippen molar-refractivity contribution in [2.24, 2.45) is 0 Å². The number of rotatable bonds is 0. The molecule has 0 saturated heterocycles. The predicted octanol–water partition coefficient (Wildman–Crippen LogP) is 2.47. The fraction of sp³-hybridized carbons (Fsp3) is 0.250. The molecule has 47 valence electrons. The molecule has 1 aromatic carbocycles. The Labute approximate surface area is 58.2 Å². The maximum Gasteiger partial charge on any atom is 0.102 e. The monoisotopic (exact) mass is 119 g/mol. The Morgan fingerprint density at radius 3 is 0.889 bits per heavy atom.